The molecule has 0 spiro atoms. The molecule has 0 amide bonds. The summed E-state index contributed by atoms with van der Waals surface area (Å²) in [5.41, 5.74) is 1.36. The van der Waals surface area contributed by atoms with Gasteiger partial charge in [-0.25, -0.2) is 19.9 Å². The molecule has 1 aliphatic heterocycles. The van der Waals surface area contributed by atoms with Crippen LogP contribution in [0, 0.1) is 6.92 Å². The maximum Gasteiger partial charge on any atom is 0.165 e. The van der Waals surface area contributed by atoms with E-state index in [4.69, 9.17) is 19.4 Å². The number of morpholine rings is 1. The van der Waals surface area contributed by atoms with E-state index in [0.29, 0.717) is 19.0 Å². The summed E-state index contributed by atoms with van der Waals surface area (Å²) in [5.74, 6) is 2.32. The molecule has 7 nitrogen and oxygen atoms in total. The zero-order valence-corrected chi connectivity index (χ0v) is 16.8. The number of hydrogen-bond donors (Lipinski definition) is 0. The van der Waals surface area contributed by atoms with Gasteiger partial charge in [0.2, 0.25) is 0 Å². The first-order valence-electron chi connectivity index (χ1n) is 8.97. The van der Waals surface area contributed by atoms with Gasteiger partial charge in [-0.15, -0.1) is 11.3 Å². The molecule has 0 N–H and O–H groups in total. The summed E-state index contributed by atoms with van der Waals surface area (Å²) >= 11 is 1.69. The first-order chi connectivity index (χ1) is 13.0. The summed E-state index contributed by atoms with van der Waals surface area (Å²) < 4.78 is 12.3. The summed E-state index contributed by atoms with van der Waals surface area (Å²) in [5, 5.41) is 0. The zero-order chi connectivity index (χ0) is 19.0. The van der Waals surface area contributed by atoms with Gasteiger partial charge in [0.1, 0.15) is 5.82 Å². The lowest BCUT2D eigenvalue weighted by molar-refractivity contribution is 0.0224. The number of thiophene rings is 1. The van der Waals surface area contributed by atoms with Gasteiger partial charge in [0.05, 0.1) is 34.6 Å². The van der Waals surface area contributed by atoms with Crippen molar-refractivity contribution < 1.29 is 9.47 Å². The van der Waals surface area contributed by atoms with Gasteiger partial charge in [0.15, 0.2) is 11.6 Å². The predicted octanol–water partition coefficient (Wildman–Crippen LogP) is 3.17. The Bertz CT molecular complexity index is 949. The van der Waals surface area contributed by atoms with Gasteiger partial charge in [0, 0.05) is 37.5 Å². The summed E-state index contributed by atoms with van der Waals surface area (Å²) in [6, 6.07) is 2.10. The lowest BCUT2D eigenvalue weighted by atomic mass is 10.1. The smallest absolute Gasteiger partial charge is 0.165 e. The van der Waals surface area contributed by atoms with Crippen LogP contribution in [0.2, 0.25) is 0 Å². The molecule has 0 radical (unpaired) electrons. The molecule has 8 heteroatoms. The highest BCUT2D eigenvalue weighted by molar-refractivity contribution is 7.19. The van der Waals surface area contributed by atoms with Crippen molar-refractivity contribution >= 4 is 27.4 Å². The number of hydrogen-bond acceptors (Lipinski definition) is 8. The average Bonchev–Trinajstić information content (AvgIpc) is 3.13. The van der Waals surface area contributed by atoms with Gasteiger partial charge < -0.3 is 14.4 Å². The number of rotatable bonds is 4. The van der Waals surface area contributed by atoms with Crippen molar-refractivity contribution in [1.29, 1.82) is 0 Å². The first kappa shape index (κ1) is 18.2. The van der Waals surface area contributed by atoms with Crippen LogP contribution in [0.15, 0.2) is 18.5 Å². The number of ether oxygens (including phenoxy) is 2. The van der Waals surface area contributed by atoms with Gasteiger partial charge in [-0.05, 0) is 26.8 Å². The molecule has 3 aromatic rings. The number of aromatic nitrogens is 4. The highest BCUT2D eigenvalue weighted by Gasteiger charge is 2.26. The van der Waals surface area contributed by atoms with E-state index in [1.807, 2.05) is 6.92 Å². The maximum atomic E-state index is 5.68. The van der Waals surface area contributed by atoms with Crippen LogP contribution >= 0.6 is 11.3 Å². The van der Waals surface area contributed by atoms with Crippen LogP contribution in [-0.4, -0.2) is 53.3 Å². The second-order valence-electron chi connectivity index (χ2n) is 7.03. The van der Waals surface area contributed by atoms with Gasteiger partial charge in [-0.2, -0.15) is 0 Å². The number of nitrogens with zero attached hydrogens (tertiary/aromatic N) is 5. The summed E-state index contributed by atoms with van der Waals surface area (Å²) in [6.45, 7) is 9.04. The van der Waals surface area contributed by atoms with Crippen LogP contribution < -0.4 is 4.90 Å². The second-order valence-corrected chi connectivity index (χ2v) is 8.08. The Hall–Kier alpha value is -2.16. The van der Waals surface area contributed by atoms with Gasteiger partial charge >= 0.3 is 0 Å². The van der Waals surface area contributed by atoms with Crippen molar-refractivity contribution in [2.75, 3.05) is 38.3 Å². The van der Waals surface area contributed by atoms with Crippen LogP contribution in [-0.2, 0) is 15.1 Å². The van der Waals surface area contributed by atoms with Crippen LogP contribution in [0.25, 0.3) is 21.6 Å². The van der Waals surface area contributed by atoms with Crippen molar-refractivity contribution in [3.05, 3.63) is 29.2 Å². The van der Waals surface area contributed by atoms with Gasteiger partial charge in [-0.3, -0.25) is 0 Å². The van der Waals surface area contributed by atoms with Crippen molar-refractivity contribution in [2.45, 2.75) is 26.4 Å². The molecule has 27 heavy (non-hydrogen) atoms. The highest BCUT2D eigenvalue weighted by Crippen LogP contribution is 2.39. The average molecular weight is 385 g/mol. The van der Waals surface area contributed by atoms with Crippen LogP contribution in [0.5, 0.6) is 0 Å². The summed E-state index contributed by atoms with van der Waals surface area (Å²) in [7, 11) is 1.73. The minimum Gasteiger partial charge on any atom is -0.378 e. The third-order valence-corrected chi connectivity index (χ3v) is 6.23. The SMILES string of the molecule is COC(C)(C)c1cc2nc(-c3cnc(C)nc3)nc(N3CCOCC3)c2s1. The molecule has 0 atom stereocenters. The third kappa shape index (κ3) is 3.52. The van der Waals surface area contributed by atoms with Crippen molar-refractivity contribution in [3.8, 4) is 11.4 Å². The minimum absolute atomic E-state index is 0.374. The second kappa shape index (κ2) is 7.10. The van der Waals surface area contributed by atoms with Crippen molar-refractivity contribution in [3.63, 3.8) is 0 Å². The molecular formula is C19H23N5O2S. The van der Waals surface area contributed by atoms with E-state index >= 15 is 0 Å². The lowest BCUT2D eigenvalue weighted by Gasteiger charge is -2.28. The van der Waals surface area contributed by atoms with E-state index in [9.17, 15) is 0 Å². The van der Waals surface area contributed by atoms with E-state index in [1.54, 1.807) is 30.8 Å². The normalized spacial score (nSPS) is 15.5. The Labute approximate surface area is 162 Å². The number of aryl methyl sites for hydroxylation is 1. The van der Waals surface area contributed by atoms with E-state index in [1.165, 1.54) is 0 Å². The van der Waals surface area contributed by atoms with Crippen LogP contribution in [0.1, 0.15) is 24.5 Å². The third-order valence-electron chi connectivity index (χ3n) is 4.81. The largest absolute Gasteiger partial charge is 0.378 e. The molecule has 142 valence electrons. The minimum atomic E-state index is -0.374. The Morgan fingerprint density at radius 1 is 1.15 bits per heavy atom. The molecule has 0 aromatic carbocycles. The molecule has 1 aliphatic rings. The highest BCUT2D eigenvalue weighted by atomic mass is 32.1. The Morgan fingerprint density at radius 3 is 2.52 bits per heavy atom. The Balaban J connectivity index is 1.88. The molecule has 1 fully saturated rings. The van der Waals surface area contributed by atoms with Crippen molar-refractivity contribution in [1.82, 2.24) is 19.9 Å². The molecule has 0 unspecified atom stereocenters. The Kier molecular flexibility index (Phi) is 4.79. The van der Waals surface area contributed by atoms with Crippen LogP contribution in [0.4, 0.5) is 5.82 Å². The molecule has 0 bridgehead atoms. The van der Waals surface area contributed by atoms with Crippen molar-refractivity contribution in [2.24, 2.45) is 0 Å². The number of anilines is 1. The predicted molar refractivity (Wildman–Crippen MR) is 106 cm³/mol. The van der Waals surface area contributed by atoms with E-state index in [-0.39, 0.29) is 5.60 Å². The number of fused-ring (bicyclic) bond motifs is 1. The molecular weight excluding hydrogens is 362 g/mol. The van der Waals surface area contributed by atoms with E-state index < -0.39 is 0 Å². The maximum absolute atomic E-state index is 5.68. The van der Waals surface area contributed by atoms with E-state index in [2.05, 4.69) is 34.8 Å². The first-order valence-corrected chi connectivity index (χ1v) is 9.78. The number of methoxy groups -OCH3 is 1. The fourth-order valence-corrected chi connectivity index (χ4v) is 4.13. The topological polar surface area (TPSA) is 73.3 Å². The molecule has 0 aliphatic carbocycles. The standard InChI is InChI=1S/C19H23N5O2S/c1-12-20-10-13(11-21-12)17-22-14-9-15(19(2,3)25-4)27-16(14)18(23-17)24-5-7-26-8-6-24/h9-11H,5-8H2,1-4H3. The molecule has 1 saturated heterocycles. The van der Waals surface area contributed by atoms with E-state index in [0.717, 1.165) is 45.4 Å². The van der Waals surface area contributed by atoms with Crippen LogP contribution in [0.3, 0.4) is 0 Å². The summed E-state index contributed by atoms with van der Waals surface area (Å²) in [6.07, 6.45) is 3.55. The fourth-order valence-electron chi connectivity index (χ4n) is 2.94. The Morgan fingerprint density at radius 2 is 1.85 bits per heavy atom. The lowest BCUT2D eigenvalue weighted by Crippen LogP contribution is -2.36. The molecule has 3 aromatic heterocycles. The quantitative estimate of drug-likeness (QED) is 0.683. The zero-order valence-electron chi connectivity index (χ0n) is 16.0. The monoisotopic (exact) mass is 385 g/mol. The molecule has 0 saturated carbocycles. The summed E-state index contributed by atoms with van der Waals surface area (Å²) in [4.78, 5) is 21.7. The molecule has 4 rings (SSSR count). The fraction of sp³-hybridized carbons (Fsp3) is 0.474. The molecule has 4 heterocycles. The van der Waals surface area contributed by atoms with Gasteiger partial charge in [-0.1, -0.05) is 0 Å². The van der Waals surface area contributed by atoms with Gasteiger partial charge in [0.25, 0.3) is 0 Å².